The molecule has 3 aromatic carbocycles. The van der Waals surface area contributed by atoms with Crippen molar-refractivity contribution >= 4 is 18.7 Å². The first-order chi connectivity index (χ1) is 23.9. The molecule has 0 unspecified atom stereocenters. The molecule has 266 valence electrons. The van der Waals surface area contributed by atoms with Gasteiger partial charge in [-0.3, -0.25) is 4.90 Å². The highest BCUT2D eigenvalue weighted by molar-refractivity contribution is 6.99. The van der Waals surface area contributed by atoms with Crippen molar-refractivity contribution in [3.8, 4) is 11.5 Å². The van der Waals surface area contributed by atoms with E-state index in [1.165, 1.54) is 0 Å². The standard InChI is InChI=1S/C41H51F2N3O3Si/c1-7-32(45-33-20-21-44-25-33)19-18-29(2)39-36-24-38-37(47-28-48-38)23-31(36)22-30(3)46(39)26-41(42,43)27-49-50(40(4,5)6,34-14-10-8-11-15-34)35-16-12-9-13-17-35/h7-19,23-24,30,33,39,44-45H,2,20-22,25-28H2,1,3-6H3/b19-18-,32-7+/t30-,33+,39-/m1/s1. The summed E-state index contributed by atoms with van der Waals surface area (Å²) in [5.41, 5.74) is 3.68. The Hall–Kier alpha value is -3.76. The van der Waals surface area contributed by atoms with E-state index in [1.54, 1.807) is 0 Å². The molecular formula is C41H51F2N3O3Si. The maximum absolute atomic E-state index is 16.7. The molecular weight excluding hydrogens is 649 g/mol. The van der Waals surface area contributed by atoms with Crippen LogP contribution < -0.4 is 30.5 Å². The number of hydrogen-bond acceptors (Lipinski definition) is 6. The molecule has 3 aliphatic heterocycles. The van der Waals surface area contributed by atoms with Gasteiger partial charge in [-0.25, -0.2) is 8.78 Å². The van der Waals surface area contributed by atoms with Gasteiger partial charge in [-0.1, -0.05) is 100 Å². The van der Waals surface area contributed by atoms with Crippen LogP contribution in [0.25, 0.3) is 0 Å². The molecule has 0 radical (unpaired) electrons. The van der Waals surface area contributed by atoms with Crippen molar-refractivity contribution in [3.63, 3.8) is 0 Å². The first-order valence-electron chi connectivity index (χ1n) is 17.7. The molecule has 1 saturated heterocycles. The Morgan fingerprint density at radius 2 is 1.66 bits per heavy atom. The Balaban J connectivity index is 1.31. The Morgan fingerprint density at radius 1 is 1.02 bits per heavy atom. The van der Waals surface area contributed by atoms with Crippen molar-refractivity contribution in [2.75, 3.05) is 33.0 Å². The molecule has 6 rings (SSSR count). The SMILES string of the molecule is C=C(/C=C\C(=C/C)N[C@H]1CCNC1)[C@@H]1c2cc3c(cc2C[C@@H](C)N1CC(F)(F)CO[Si](c1ccccc1)(c1ccccc1)C(C)(C)C)OCO3. The number of fused-ring (bicyclic) bond motifs is 2. The zero-order chi connectivity index (χ0) is 35.5. The minimum absolute atomic E-state index is 0.146. The summed E-state index contributed by atoms with van der Waals surface area (Å²) in [4.78, 5) is 1.90. The minimum atomic E-state index is -3.17. The zero-order valence-corrected chi connectivity index (χ0v) is 31.0. The molecule has 0 amide bonds. The normalized spacial score (nSPS) is 21.4. The third kappa shape index (κ3) is 7.47. The van der Waals surface area contributed by atoms with E-state index in [1.807, 2.05) is 110 Å². The largest absolute Gasteiger partial charge is 0.454 e. The molecule has 50 heavy (non-hydrogen) atoms. The Bertz CT molecular complexity index is 1660. The van der Waals surface area contributed by atoms with Crippen LogP contribution in [-0.4, -0.2) is 64.3 Å². The molecule has 0 aromatic heterocycles. The van der Waals surface area contributed by atoms with Crippen LogP contribution in [0.15, 0.2) is 109 Å². The summed E-state index contributed by atoms with van der Waals surface area (Å²) >= 11 is 0. The van der Waals surface area contributed by atoms with Crippen molar-refractivity contribution < 1.29 is 22.7 Å². The van der Waals surface area contributed by atoms with Crippen LogP contribution in [-0.2, 0) is 10.8 Å². The van der Waals surface area contributed by atoms with Crippen LogP contribution in [0, 0.1) is 0 Å². The summed E-state index contributed by atoms with van der Waals surface area (Å²) in [6.07, 6.45) is 7.65. The van der Waals surface area contributed by atoms with Gasteiger partial charge in [0.15, 0.2) is 11.5 Å². The summed E-state index contributed by atoms with van der Waals surface area (Å²) in [7, 11) is -3.17. The lowest BCUT2D eigenvalue weighted by molar-refractivity contribution is -0.0819. The van der Waals surface area contributed by atoms with Gasteiger partial charge in [0.05, 0.1) is 19.2 Å². The molecule has 0 spiro atoms. The summed E-state index contributed by atoms with van der Waals surface area (Å²) in [6, 6.07) is 23.5. The molecule has 0 saturated carbocycles. The zero-order valence-electron chi connectivity index (χ0n) is 30.0. The molecule has 3 heterocycles. The summed E-state index contributed by atoms with van der Waals surface area (Å²) in [6.45, 7) is 15.7. The monoisotopic (exact) mass is 699 g/mol. The van der Waals surface area contributed by atoms with Crippen molar-refractivity contribution in [3.05, 3.63) is 120 Å². The predicted octanol–water partition coefficient (Wildman–Crippen LogP) is 6.88. The van der Waals surface area contributed by atoms with Gasteiger partial charge in [0, 0.05) is 24.3 Å². The van der Waals surface area contributed by atoms with E-state index in [2.05, 4.69) is 38.0 Å². The molecule has 0 aliphatic carbocycles. The first-order valence-corrected chi connectivity index (χ1v) is 19.6. The molecule has 1 fully saturated rings. The number of allylic oxidation sites excluding steroid dienone is 2. The predicted molar refractivity (Wildman–Crippen MR) is 200 cm³/mol. The second-order valence-corrected chi connectivity index (χ2v) is 19.1. The Morgan fingerprint density at radius 3 is 2.24 bits per heavy atom. The van der Waals surface area contributed by atoms with Gasteiger partial charge in [-0.2, -0.15) is 0 Å². The number of ether oxygens (including phenoxy) is 2. The first kappa shape index (κ1) is 36.0. The van der Waals surface area contributed by atoms with Gasteiger partial charge in [0.2, 0.25) is 6.79 Å². The van der Waals surface area contributed by atoms with Crippen LogP contribution in [0.1, 0.15) is 58.2 Å². The van der Waals surface area contributed by atoms with Gasteiger partial charge in [-0.15, -0.1) is 0 Å². The lowest BCUT2D eigenvalue weighted by atomic mass is 9.84. The van der Waals surface area contributed by atoms with E-state index in [0.29, 0.717) is 24.0 Å². The Labute approximate surface area is 297 Å². The smallest absolute Gasteiger partial charge is 0.282 e. The fourth-order valence-electron chi connectivity index (χ4n) is 7.78. The number of benzene rings is 3. The number of halogens is 2. The average Bonchev–Trinajstić information content (AvgIpc) is 3.78. The van der Waals surface area contributed by atoms with E-state index in [0.717, 1.165) is 52.3 Å². The van der Waals surface area contributed by atoms with Gasteiger partial charge in [-0.05, 0) is 83.6 Å². The molecule has 9 heteroatoms. The lowest BCUT2D eigenvalue weighted by Crippen LogP contribution is -2.67. The topological polar surface area (TPSA) is 55.0 Å². The number of hydrogen-bond donors (Lipinski definition) is 2. The van der Waals surface area contributed by atoms with E-state index < -0.39 is 38.5 Å². The maximum Gasteiger partial charge on any atom is 0.282 e. The fraction of sp³-hybridized carbons (Fsp3) is 0.415. The molecule has 3 atom stereocenters. The molecule has 3 aliphatic rings. The van der Waals surface area contributed by atoms with Crippen molar-refractivity contribution in [1.82, 2.24) is 15.5 Å². The fourth-order valence-corrected chi connectivity index (χ4v) is 12.4. The molecule has 3 aromatic rings. The summed E-state index contributed by atoms with van der Waals surface area (Å²) < 4.78 is 51.6. The van der Waals surface area contributed by atoms with Gasteiger partial charge < -0.3 is 24.5 Å². The van der Waals surface area contributed by atoms with Crippen molar-refractivity contribution in [1.29, 1.82) is 0 Å². The van der Waals surface area contributed by atoms with Gasteiger partial charge in [0.1, 0.15) is 0 Å². The second kappa shape index (κ2) is 14.8. The highest BCUT2D eigenvalue weighted by Crippen LogP contribution is 2.45. The Kier molecular flexibility index (Phi) is 10.7. The van der Waals surface area contributed by atoms with Gasteiger partial charge in [0.25, 0.3) is 14.2 Å². The second-order valence-electron chi connectivity index (χ2n) is 14.8. The lowest BCUT2D eigenvalue weighted by Gasteiger charge is -2.46. The van der Waals surface area contributed by atoms with Crippen LogP contribution in [0.3, 0.4) is 0 Å². The number of nitrogens with one attached hydrogen (secondary N) is 2. The third-order valence-corrected chi connectivity index (χ3v) is 15.2. The highest BCUT2D eigenvalue weighted by Gasteiger charge is 2.52. The van der Waals surface area contributed by atoms with E-state index in [4.69, 9.17) is 13.9 Å². The van der Waals surface area contributed by atoms with Crippen LogP contribution >= 0.6 is 0 Å². The highest BCUT2D eigenvalue weighted by atomic mass is 28.4. The third-order valence-electron chi connectivity index (χ3n) is 10.2. The van der Waals surface area contributed by atoms with Crippen LogP contribution in [0.5, 0.6) is 11.5 Å². The van der Waals surface area contributed by atoms with E-state index in [9.17, 15) is 0 Å². The van der Waals surface area contributed by atoms with E-state index in [-0.39, 0.29) is 12.8 Å². The quantitative estimate of drug-likeness (QED) is 0.159. The maximum atomic E-state index is 16.7. The average molecular weight is 700 g/mol. The van der Waals surface area contributed by atoms with Gasteiger partial charge >= 0.3 is 0 Å². The summed E-state index contributed by atoms with van der Waals surface area (Å²) in [5.74, 6) is -1.84. The van der Waals surface area contributed by atoms with Crippen LogP contribution in [0.2, 0.25) is 5.04 Å². The molecule has 0 bridgehead atoms. The van der Waals surface area contributed by atoms with Crippen molar-refractivity contribution in [2.45, 2.75) is 76.5 Å². The molecule has 6 nitrogen and oxygen atoms in total. The number of nitrogens with zero attached hydrogens (tertiary/aromatic N) is 1. The van der Waals surface area contributed by atoms with Crippen molar-refractivity contribution in [2.24, 2.45) is 0 Å². The number of alkyl halides is 2. The van der Waals surface area contributed by atoms with E-state index >= 15 is 8.78 Å². The minimum Gasteiger partial charge on any atom is -0.454 e. The number of rotatable bonds is 12. The molecule has 2 N–H and O–H groups in total. The van der Waals surface area contributed by atoms with Crippen LogP contribution in [0.4, 0.5) is 8.78 Å². The summed E-state index contributed by atoms with van der Waals surface area (Å²) in [5, 5.41) is 8.52.